The number of hydrogen-bond donors (Lipinski definition) is 1. The van der Waals surface area contributed by atoms with Crippen molar-refractivity contribution in [3.05, 3.63) is 59.7 Å². The van der Waals surface area contributed by atoms with Crippen LogP contribution >= 0.6 is 0 Å². The molecule has 0 fully saturated rings. The topological polar surface area (TPSA) is 58.3 Å². The lowest BCUT2D eigenvalue weighted by molar-refractivity contribution is -0.677. The standard InChI is InChI=1S/C19H17N3O2/c1-22-8-7-13-11-21-18-17(13)16(22)9-15(19(18)23)20-10-12-3-5-14(24-2)6-4-12/h3-8,11H,9-10H2,1-2H3/p+1. The number of rotatable bonds is 3. The number of ether oxygens (including phenoxy) is 1. The second-order valence-corrected chi connectivity index (χ2v) is 5.98. The van der Waals surface area contributed by atoms with Crippen molar-refractivity contribution in [1.82, 2.24) is 4.98 Å². The Morgan fingerprint density at radius 1 is 1.25 bits per heavy atom. The van der Waals surface area contributed by atoms with Crippen LogP contribution in [0.1, 0.15) is 21.7 Å². The maximum atomic E-state index is 12.7. The molecule has 0 amide bonds. The first-order chi connectivity index (χ1) is 11.7. The van der Waals surface area contributed by atoms with Gasteiger partial charge in [0.05, 0.1) is 31.2 Å². The predicted molar refractivity (Wildman–Crippen MR) is 91.6 cm³/mol. The molecule has 1 aliphatic rings. The number of H-pyrrole nitrogens is 1. The summed E-state index contributed by atoms with van der Waals surface area (Å²) in [6, 6.07) is 9.77. The molecule has 0 saturated heterocycles. The van der Waals surface area contributed by atoms with Gasteiger partial charge in [0.1, 0.15) is 18.5 Å². The van der Waals surface area contributed by atoms with Crippen LogP contribution in [0.2, 0.25) is 0 Å². The molecule has 0 aliphatic heterocycles. The summed E-state index contributed by atoms with van der Waals surface area (Å²) >= 11 is 0. The number of carbonyl (C=O) groups is 1. The lowest BCUT2D eigenvalue weighted by atomic mass is 9.95. The van der Waals surface area contributed by atoms with E-state index in [1.165, 1.54) is 0 Å². The van der Waals surface area contributed by atoms with Crippen molar-refractivity contribution in [1.29, 1.82) is 0 Å². The number of benzene rings is 1. The molecule has 24 heavy (non-hydrogen) atoms. The molecular formula is C19H18N3O2+. The third kappa shape index (κ3) is 2.29. The van der Waals surface area contributed by atoms with E-state index in [1.807, 2.05) is 49.8 Å². The fourth-order valence-electron chi connectivity index (χ4n) is 3.16. The number of pyridine rings is 1. The molecule has 0 radical (unpaired) electrons. The summed E-state index contributed by atoms with van der Waals surface area (Å²) in [6.45, 7) is 0.487. The monoisotopic (exact) mass is 320 g/mol. The van der Waals surface area contributed by atoms with Crippen LogP contribution in [0.25, 0.3) is 10.8 Å². The Balaban J connectivity index is 1.67. The van der Waals surface area contributed by atoms with Crippen LogP contribution in [0, 0.1) is 0 Å². The highest BCUT2D eigenvalue weighted by atomic mass is 16.5. The van der Waals surface area contributed by atoms with Gasteiger partial charge in [0.15, 0.2) is 11.9 Å². The maximum absolute atomic E-state index is 12.7. The third-order valence-corrected chi connectivity index (χ3v) is 4.54. The molecule has 0 unspecified atom stereocenters. The Kier molecular flexibility index (Phi) is 3.41. The van der Waals surface area contributed by atoms with E-state index < -0.39 is 0 Å². The van der Waals surface area contributed by atoms with Crippen molar-refractivity contribution in [2.75, 3.05) is 7.11 Å². The second-order valence-electron chi connectivity index (χ2n) is 5.98. The fourth-order valence-corrected chi connectivity index (χ4v) is 3.16. The second kappa shape index (κ2) is 5.60. The first kappa shape index (κ1) is 14.6. The maximum Gasteiger partial charge on any atom is 0.224 e. The first-order valence-electron chi connectivity index (χ1n) is 7.87. The summed E-state index contributed by atoms with van der Waals surface area (Å²) in [5, 5.41) is 2.09. The van der Waals surface area contributed by atoms with Crippen LogP contribution in [0.3, 0.4) is 0 Å². The van der Waals surface area contributed by atoms with E-state index >= 15 is 0 Å². The molecule has 2 heterocycles. The van der Waals surface area contributed by atoms with Gasteiger partial charge in [-0.1, -0.05) is 12.1 Å². The molecule has 0 saturated carbocycles. The Bertz CT molecular complexity index is 968. The molecule has 120 valence electrons. The Labute approximate surface area is 139 Å². The molecular weight excluding hydrogens is 302 g/mol. The normalized spacial score (nSPS) is 15.2. The van der Waals surface area contributed by atoms with Gasteiger partial charge >= 0.3 is 0 Å². The minimum atomic E-state index is -0.00258. The molecule has 2 aromatic heterocycles. The number of Topliss-reactive ketones (excluding diaryl/α,β-unsaturated/α-hetero) is 1. The van der Waals surface area contributed by atoms with E-state index in [2.05, 4.69) is 14.5 Å². The van der Waals surface area contributed by atoms with Crippen molar-refractivity contribution in [2.45, 2.75) is 13.0 Å². The molecule has 0 spiro atoms. The minimum absolute atomic E-state index is 0.00258. The summed E-state index contributed by atoms with van der Waals surface area (Å²) in [4.78, 5) is 20.4. The smallest absolute Gasteiger partial charge is 0.224 e. The van der Waals surface area contributed by atoms with Crippen LogP contribution in [0.4, 0.5) is 0 Å². The predicted octanol–water partition coefficient (Wildman–Crippen LogP) is 2.38. The zero-order valence-corrected chi connectivity index (χ0v) is 13.7. The van der Waals surface area contributed by atoms with Gasteiger partial charge in [-0.05, 0) is 17.7 Å². The lowest BCUT2D eigenvalue weighted by Crippen LogP contribution is -2.38. The van der Waals surface area contributed by atoms with Gasteiger partial charge < -0.3 is 9.72 Å². The Morgan fingerprint density at radius 2 is 2.04 bits per heavy atom. The fraction of sp³-hybridized carbons (Fsp3) is 0.211. The van der Waals surface area contributed by atoms with Gasteiger partial charge in [-0.3, -0.25) is 9.79 Å². The molecule has 0 atom stereocenters. The highest BCUT2D eigenvalue weighted by Crippen LogP contribution is 2.26. The van der Waals surface area contributed by atoms with Gasteiger partial charge in [-0.25, -0.2) is 4.57 Å². The number of aryl methyl sites for hydroxylation is 1. The van der Waals surface area contributed by atoms with Crippen molar-refractivity contribution < 1.29 is 14.1 Å². The number of aromatic nitrogens is 2. The van der Waals surface area contributed by atoms with Gasteiger partial charge in [0.2, 0.25) is 5.78 Å². The number of aliphatic imine (C=N–C) groups is 1. The Morgan fingerprint density at radius 3 is 2.79 bits per heavy atom. The molecule has 3 aromatic rings. The highest BCUT2D eigenvalue weighted by Gasteiger charge is 2.31. The van der Waals surface area contributed by atoms with Gasteiger partial charge in [0, 0.05) is 17.6 Å². The lowest BCUT2D eigenvalue weighted by Gasteiger charge is -2.12. The van der Waals surface area contributed by atoms with E-state index in [4.69, 9.17) is 4.74 Å². The number of aromatic amines is 1. The average molecular weight is 320 g/mol. The highest BCUT2D eigenvalue weighted by molar-refractivity contribution is 6.49. The molecule has 5 nitrogen and oxygen atoms in total. The summed E-state index contributed by atoms with van der Waals surface area (Å²) in [5.41, 5.74) is 3.42. The molecule has 1 aliphatic carbocycles. The molecule has 1 aromatic carbocycles. The van der Waals surface area contributed by atoms with Crippen molar-refractivity contribution >= 4 is 22.3 Å². The number of carbonyl (C=O) groups excluding carboxylic acids is 1. The summed E-state index contributed by atoms with van der Waals surface area (Å²) in [5.74, 6) is 0.812. The third-order valence-electron chi connectivity index (χ3n) is 4.54. The van der Waals surface area contributed by atoms with Crippen LogP contribution in [-0.4, -0.2) is 23.6 Å². The zero-order chi connectivity index (χ0) is 16.7. The van der Waals surface area contributed by atoms with E-state index in [9.17, 15) is 4.79 Å². The summed E-state index contributed by atoms with van der Waals surface area (Å²) in [7, 11) is 3.65. The van der Waals surface area contributed by atoms with Crippen LogP contribution in [-0.2, 0) is 20.0 Å². The van der Waals surface area contributed by atoms with Gasteiger partial charge in [0.25, 0.3) is 0 Å². The van der Waals surface area contributed by atoms with E-state index in [1.54, 1.807) is 7.11 Å². The SMILES string of the molecule is COc1ccc(CN=C2Cc3c4c([nH]cc4cc[n+]3C)C2=O)cc1. The van der Waals surface area contributed by atoms with Crippen molar-refractivity contribution in [3.8, 4) is 5.75 Å². The van der Waals surface area contributed by atoms with Gasteiger partial charge in [-0.15, -0.1) is 0 Å². The number of nitrogens with one attached hydrogen (secondary N) is 1. The summed E-state index contributed by atoms with van der Waals surface area (Å²) < 4.78 is 7.22. The van der Waals surface area contributed by atoms with Crippen LogP contribution < -0.4 is 9.30 Å². The van der Waals surface area contributed by atoms with Gasteiger partial charge in [-0.2, -0.15) is 0 Å². The molecule has 1 N–H and O–H groups in total. The molecule has 5 heteroatoms. The first-order valence-corrected chi connectivity index (χ1v) is 7.87. The Hall–Kier alpha value is -2.95. The largest absolute Gasteiger partial charge is 0.497 e. The van der Waals surface area contributed by atoms with Crippen molar-refractivity contribution in [3.63, 3.8) is 0 Å². The number of ketones is 1. The van der Waals surface area contributed by atoms with E-state index in [0.29, 0.717) is 24.4 Å². The quantitative estimate of drug-likeness (QED) is 0.753. The number of methoxy groups -OCH3 is 1. The minimum Gasteiger partial charge on any atom is -0.497 e. The van der Waals surface area contributed by atoms with Crippen LogP contribution in [0.5, 0.6) is 5.75 Å². The average Bonchev–Trinajstić information content (AvgIpc) is 3.04. The zero-order valence-electron chi connectivity index (χ0n) is 13.7. The van der Waals surface area contributed by atoms with Crippen LogP contribution in [0.15, 0.2) is 47.7 Å². The van der Waals surface area contributed by atoms with E-state index in [0.717, 1.165) is 27.8 Å². The molecule has 4 rings (SSSR count). The van der Waals surface area contributed by atoms with Crippen molar-refractivity contribution in [2.24, 2.45) is 12.0 Å². The number of hydrogen-bond acceptors (Lipinski definition) is 3. The summed E-state index contributed by atoms with van der Waals surface area (Å²) in [6.07, 6.45) is 4.47. The van der Waals surface area contributed by atoms with E-state index in [-0.39, 0.29) is 5.78 Å². The number of nitrogens with zero attached hydrogens (tertiary/aromatic N) is 2. The molecule has 0 bridgehead atoms.